The fraction of sp³-hybridized carbons (Fsp3) is 0.188. The molecule has 0 aliphatic heterocycles. The van der Waals surface area contributed by atoms with Crippen LogP contribution in [-0.4, -0.2) is 9.13 Å². The van der Waals surface area contributed by atoms with Crippen molar-refractivity contribution in [1.29, 1.82) is 0 Å². The van der Waals surface area contributed by atoms with Gasteiger partial charge in [-0.2, -0.15) is 0 Å². The highest BCUT2D eigenvalue weighted by atomic mass is 79.9. The molecule has 0 saturated carbocycles. The lowest BCUT2D eigenvalue weighted by atomic mass is 10.0. The summed E-state index contributed by atoms with van der Waals surface area (Å²) in [7, 11) is 3.55. The lowest BCUT2D eigenvalue weighted by Gasteiger charge is -2.12. The molecule has 0 radical (unpaired) electrons. The molecule has 1 atom stereocenters. The molecule has 0 aliphatic carbocycles. The van der Waals surface area contributed by atoms with Crippen LogP contribution in [0.5, 0.6) is 0 Å². The van der Waals surface area contributed by atoms with E-state index in [0.29, 0.717) is 0 Å². The van der Waals surface area contributed by atoms with Crippen LogP contribution in [0.25, 0.3) is 11.0 Å². The van der Waals surface area contributed by atoms with Crippen molar-refractivity contribution in [3.8, 4) is 0 Å². The second kappa shape index (κ2) is 5.35. The molecule has 0 spiro atoms. The van der Waals surface area contributed by atoms with E-state index in [0.717, 1.165) is 26.6 Å². The van der Waals surface area contributed by atoms with Gasteiger partial charge in [-0.1, -0.05) is 40.2 Å². The van der Waals surface area contributed by atoms with E-state index < -0.39 is 0 Å². The van der Waals surface area contributed by atoms with Gasteiger partial charge in [0, 0.05) is 18.6 Å². The minimum Gasteiger partial charge on any atom is -0.295 e. The zero-order valence-electron chi connectivity index (χ0n) is 11.7. The molecule has 108 valence electrons. The highest BCUT2D eigenvalue weighted by Gasteiger charge is 2.16. The molecule has 0 bridgehead atoms. The van der Waals surface area contributed by atoms with Gasteiger partial charge in [-0.25, -0.2) is 4.79 Å². The minimum absolute atomic E-state index is 0.0332. The molecule has 0 fully saturated rings. The highest BCUT2D eigenvalue weighted by molar-refractivity contribution is 9.10. The quantitative estimate of drug-likeness (QED) is 0.631. The van der Waals surface area contributed by atoms with Crippen LogP contribution in [0.1, 0.15) is 16.5 Å². The van der Waals surface area contributed by atoms with Gasteiger partial charge in [-0.15, -0.1) is 11.6 Å². The summed E-state index contributed by atoms with van der Waals surface area (Å²) in [5.74, 6) is 0. The molecule has 21 heavy (non-hydrogen) atoms. The van der Waals surface area contributed by atoms with Crippen molar-refractivity contribution in [2.24, 2.45) is 14.1 Å². The first-order valence-corrected chi connectivity index (χ1v) is 7.77. The Balaban J connectivity index is 2.16. The van der Waals surface area contributed by atoms with E-state index in [2.05, 4.69) is 15.9 Å². The number of hydrogen-bond donors (Lipinski definition) is 0. The third-order valence-corrected chi connectivity index (χ3v) is 4.98. The number of rotatable bonds is 2. The van der Waals surface area contributed by atoms with Gasteiger partial charge in [0.05, 0.1) is 16.4 Å². The molecule has 3 nitrogen and oxygen atoms in total. The summed E-state index contributed by atoms with van der Waals surface area (Å²) >= 11 is 10.1. The first-order chi connectivity index (χ1) is 10.0. The van der Waals surface area contributed by atoms with Gasteiger partial charge in [-0.3, -0.25) is 9.13 Å². The van der Waals surface area contributed by atoms with Crippen LogP contribution in [0.3, 0.4) is 0 Å². The predicted octanol–water partition coefficient (Wildman–Crippen LogP) is 3.97. The van der Waals surface area contributed by atoms with Crippen LogP contribution in [0, 0.1) is 0 Å². The molecule has 0 N–H and O–H groups in total. The van der Waals surface area contributed by atoms with Crippen molar-refractivity contribution in [2.75, 3.05) is 0 Å². The monoisotopic (exact) mass is 364 g/mol. The average Bonchev–Trinajstić information content (AvgIpc) is 2.71. The number of aryl methyl sites for hydroxylation is 2. The molecule has 2 aromatic carbocycles. The summed E-state index contributed by atoms with van der Waals surface area (Å²) in [6.45, 7) is 0. The fourth-order valence-electron chi connectivity index (χ4n) is 2.54. The van der Waals surface area contributed by atoms with Gasteiger partial charge in [0.25, 0.3) is 0 Å². The van der Waals surface area contributed by atoms with Crippen molar-refractivity contribution in [3.63, 3.8) is 0 Å². The van der Waals surface area contributed by atoms with Crippen LogP contribution in [0.4, 0.5) is 0 Å². The van der Waals surface area contributed by atoms with Gasteiger partial charge < -0.3 is 0 Å². The number of aromatic nitrogens is 2. The first-order valence-electron chi connectivity index (χ1n) is 6.54. The Morgan fingerprint density at radius 2 is 1.71 bits per heavy atom. The second-order valence-electron chi connectivity index (χ2n) is 5.03. The van der Waals surface area contributed by atoms with E-state index in [4.69, 9.17) is 11.6 Å². The summed E-state index contributed by atoms with van der Waals surface area (Å²) in [6, 6.07) is 13.8. The van der Waals surface area contributed by atoms with Crippen molar-refractivity contribution in [2.45, 2.75) is 5.38 Å². The predicted molar refractivity (Wildman–Crippen MR) is 90.0 cm³/mol. The molecule has 0 amide bonds. The van der Waals surface area contributed by atoms with Gasteiger partial charge >= 0.3 is 5.69 Å². The Labute approximate surface area is 135 Å². The summed E-state index contributed by atoms with van der Waals surface area (Å²) < 4.78 is 4.26. The number of imidazole rings is 1. The Morgan fingerprint density at radius 1 is 1.05 bits per heavy atom. The molecule has 0 saturated heterocycles. The zero-order valence-corrected chi connectivity index (χ0v) is 14.0. The van der Waals surface area contributed by atoms with E-state index in [1.165, 1.54) is 0 Å². The van der Waals surface area contributed by atoms with Crippen molar-refractivity contribution >= 4 is 38.6 Å². The van der Waals surface area contributed by atoms with E-state index in [-0.39, 0.29) is 11.1 Å². The van der Waals surface area contributed by atoms with Crippen molar-refractivity contribution in [3.05, 3.63) is 68.5 Å². The largest absolute Gasteiger partial charge is 0.328 e. The van der Waals surface area contributed by atoms with Crippen molar-refractivity contribution in [1.82, 2.24) is 9.13 Å². The summed E-state index contributed by atoms with van der Waals surface area (Å²) in [6.07, 6.45) is 0. The second-order valence-corrected chi connectivity index (χ2v) is 6.32. The van der Waals surface area contributed by atoms with Crippen LogP contribution >= 0.6 is 27.5 Å². The first kappa shape index (κ1) is 14.4. The number of alkyl halides is 1. The fourth-order valence-corrected chi connectivity index (χ4v) is 3.51. The minimum atomic E-state index is -0.264. The van der Waals surface area contributed by atoms with E-state index >= 15 is 0 Å². The Bertz CT molecular complexity index is 882. The molecule has 5 heteroatoms. The third kappa shape index (κ3) is 2.32. The van der Waals surface area contributed by atoms with E-state index in [1.807, 2.05) is 42.5 Å². The Hall–Kier alpha value is -1.52. The number of halogens is 2. The molecule has 3 rings (SSSR count). The number of benzene rings is 2. The Morgan fingerprint density at radius 3 is 2.43 bits per heavy atom. The molecular weight excluding hydrogens is 352 g/mol. The topological polar surface area (TPSA) is 26.9 Å². The molecule has 1 heterocycles. The normalized spacial score (nSPS) is 12.8. The SMILES string of the molecule is Cn1c(=O)n(C)c2cc(C(Cl)c3ccccc3Br)ccc21. The number of nitrogens with zero attached hydrogens (tertiary/aromatic N) is 2. The molecular formula is C16H14BrClN2O. The molecule has 1 aromatic heterocycles. The molecule has 1 unspecified atom stereocenters. The van der Waals surface area contributed by atoms with E-state index in [9.17, 15) is 4.79 Å². The van der Waals surface area contributed by atoms with Gasteiger partial charge in [0.15, 0.2) is 0 Å². The van der Waals surface area contributed by atoms with Gasteiger partial charge in [0.1, 0.15) is 0 Å². The zero-order chi connectivity index (χ0) is 15.1. The average molecular weight is 366 g/mol. The smallest absolute Gasteiger partial charge is 0.295 e. The van der Waals surface area contributed by atoms with Gasteiger partial charge in [-0.05, 0) is 29.3 Å². The van der Waals surface area contributed by atoms with Crippen LogP contribution in [-0.2, 0) is 14.1 Å². The number of fused-ring (bicyclic) bond motifs is 1. The molecule has 3 aromatic rings. The summed E-state index contributed by atoms with van der Waals surface area (Å²) in [5.41, 5.74) is 3.74. The highest BCUT2D eigenvalue weighted by Crippen LogP contribution is 2.34. The Kier molecular flexibility index (Phi) is 3.68. The van der Waals surface area contributed by atoms with Crippen LogP contribution in [0.2, 0.25) is 0 Å². The summed E-state index contributed by atoms with van der Waals surface area (Å²) in [4.78, 5) is 12.0. The lowest BCUT2D eigenvalue weighted by molar-refractivity contribution is 0.795. The summed E-state index contributed by atoms with van der Waals surface area (Å²) in [5, 5.41) is -0.264. The third-order valence-electron chi connectivity index (χ3n) is 3.77. The maximum absolute atomic E-state index is 12.0. The van der Waals surface area contributed by atoms with Crippen molar-refractivity contribution < 1.29 is 0 Å². The van der Waals surface area contributed by atoms with Crippen LogP contribution < -0.4 is 5.69 Å². The molecule has 0 aliphatic rings. The maximum Gasteiger partial charge on any atom is 0.328 e. The number of hydrogen-bond acceptors (Lipinski definition) is 1. The standard InChI is InChI=1S/C16H14BrClN2O/c1-19-13-8-7-10(9-14(13)20(2)16(19)21)15(18)11-5-3-4-6-12(11)17/h3-9,15H,1-2H3. The maximum atomic E-state index is 12.0. The van der Waals surface area contributed by atoms with Crippen LogP contribution in [0.15, 0.2) is 51.7 Å². The van der Waals surface area contributed by atoms with Gasteiger partial charge in [0.2, 0.25) is 0 Å². The lowest BCUT2D eigenvalue weighted by Crippen LogP contribution is -2.19. The van der Waals surface area contributed by atoms with E-state index in [1.54, 1.807) is 23.2 Å².